The lowest BCUT2D eigenvalue weighted by Gasteiger charge is -2.48. The van der Waals surface area contributed by atoms with Crippen molar-refractivity contribution >= 4 is 11.9 Å². The Morgan fingerprint density at radius 3 is 2.41 bits per heavy atom. The third-order valence-electron chi connectivity index (χ3n) is 6.18. The molecule has 1 saturated heterocycles. The summed E-state index contributed by atoms with van der Waals surface area (Å²) in [4.78, 5) is 18.7. The number of aliphatic imine (C=N–C) groups is 1. The van der Waals surface area contributed by atoms with Crippen LogP contribution in [0.3, 0.4) is 0 Å². The van der Waals surface area contributed by atoms with Crippen LogP contribution >= 0.6 is 0 Å². The molecule has 1 aromatic carbocycles. The lowest BCUT2D eigenvalue weighted by molar-refractivity contribution is -0.0352. The van der Waals surface area contributed by atoms with E-state index < -0.39 is 0 Å². The number of carbonyl (C=O) groups excluding carboxylic acids is 1. The van der Waals surface area contributed by atoms with Gasteiger partial charge in [0, 0.05) is 51.4 Å². The standard InChI is InChI=1S/C22H35N5O2/c1-23-20(28)19-8-6-18(7-9-19)16-25-21(24-2)26-17-22(10-4-3-5-11-22)27-12-14-29-15-13-27/h6-9H,3-5,10-17H2,1-2H3,(H,23,28)(H2,24,25,26). The molecule has 1 heterocycles. The van der Waals surface area contributed by atoms with Gasteiger partial charge in [0.2, 0.25) is 0 Å². The third kappa shape index (κ3) is 5.70. The molecule has 1 aliphatic carbocycles. The number of nitrogens with zero attached hydrogens (tertiary/aromatic N) is 2. The quantitative estimate of drug-likeness (QED) is 0.500. The molecule has 2 fully saturated rings. The second kappa shape index (κ2) is 10.6. The molecule has 0 aromatic heterocycles. The molecule has 160 valence electrons. The second-order valence-corrected chi connectivity index (χ2v) is 7.94. The van der Waals surface area contributed by atoms with Crippen molar-refractivity contribution < 1.29 is 9.53 Å². The molecule has 0 spiro atoms. The van der Waals surface area contributed by atoms with Gasteiger partial charge >= 0.3 is 0 Å². The highest BCUT2D eigenvalue weighted by molar-refractivity contribution is 5.93. The van der Waals surface area contributed by atoms with E-state index in [1.54, 1.807) is 7.05 Å². The van der Waals surface area contributed by atoms with Crippen molar-refractivity contribution in [3.8, 4) is 0 Å². The summed E-state index contributed by atoms with van der Waals surface area (Å²) in [7, 11) is 3.45. The number of amides is 1. The van der Waals surface area contributed by atoms with Crippen LogP contribution in [0.15, 0.2) is 29.3 Å². The van der Waals surface area contributed by atoms with E-state index in [1.165, 1.54) is 32.1 Å². The molecule has 7 nitrogen and oxygen atoms in total. The van der Waals surface area contributed by atoms with E-state index in [1.807, 2.05) is 31.3 Å². The van der Waals surface area contributed by atoms with Crippen molar-refractivity contribution in [2.24, 2.45) is 4.99 Å². The summed E-state index contributed by atoms with van der Waals surface area (Å²) >= 11 is 0. The summed E-state index contributed by atoms with van der Waals surface area (Å²) in [6.45, 7) is 5.28. The maximum atomic E-state index is 11.7. The normalized spacial score (nSPS) is 20.1. The summed E-state index contributed by atoms with van der Waals surface area (Å²) in [5.74, 6) is 0.751. The van der Waals surface area contributed by atoms with Crippen LogP contribution in [0.5, 0.6) is 0 Å². The van der Waals surface area contributed by atoms with Gasteiger partial charge in [0.15, 0.2) is 5.96 Å². The Labute approximate surface area is 174 Å². The number of hydrogen-bond acceptors (Lipinski definition) is 4. The Balaban J connectivity index is 1.55. The average Bonchev–Trinajstić information content (AvgIpc) is 2.80. The summed E-state index contributed by atoms with van der Waals surface area (Å²) < 4.78 is 5.58. The van der Waals surface area contributed by atoms with Crippen LogP contribution in [0.2, 0.25) is 0 Å². The minimum absolute atomic E-state index is 0.0668. The summed E-state index contributed by atoms with van der Waals surface area (Å²) in [6.07, 6.45) is 6.40. The predicted octanol–water partition coefficient (Wildman–Crippen LogP) is 1.75. The van der Waals surface area contributed by atoms with Gasteiger partial charge in [-0.1, -0.05) is 31.4 Å². The van der Waals surface area contributed by atoms with E-state index in [-0.39, 0.29) is 11.4 Å². The van der Waals surface area contributed by atoms with Gasteiger partial charge in [-0.25, -0.2) is 0 Å². The van der Waals surface area contributed by atoms with Crippen molar-refractivity contribution in [3.05, 3.63) is 35.4 Å². The molecule has 1 amide bonds. The average molecular weight is 402 g/mol. The van der Waals surface area contributed by atoms with E-state index in [9.17, 15) is 4.79 Å². The zero-order chi connectivity index (χ0) is 20.5. The SMILES string of the molecule is CN=C(NCc1ccc(C(=O)NC)cc1)NCC1(N2CCOCC2)CCCCC1. The molecule has 3 rings (SSSR count). The van der Waals surface area contributed by atoms with Crippen LogP contribution in [0.25, 0.3) is 0 Å². The number of benzene rings is 1. The zero-order valence-corrected chi connectivity index (χ0v) is 17.8. The highest BCUT2D eigenvalue weighted by Gasteiger charge is 2.38. The van der Waals surface area contributed by atoms with Crippen LogP contribution in [0.1, 0.15) is 48.0 Å². The van der Waals surface area contributed by atoms with Crippen molar-refractivity contribution in [1.82, 2.24) is 20.9 Å². The van der Waals surface area contributed by atoms with E-state index in [2.05, 4.69) is 25.8 Å². The highest BCUT2D eigenvalue weighted by atomic mass is 16.5. The first-order valence-electron chi connectivity index (χ1n) is 10.8. The summed E-state index contributed by atoms with van der Waals surface area (Å²) in [5.41, 5.74) is 1.99. The maximum Gasteiger partial charge on any atom is 0.251 e. The van der Waals surface area contributed by atoms with E-state index in [0.717, 1.165) is 44.4 Å². The largest absolute Gasteiger partial charge is 0.379 e. The topological polar surface area (TPSA) is 78.0 Å². The molecule has 1 aromatic rings. The van der Waals surface area contributed by atoms with Crippen LogP contribution in [0, 0.1) is 0 Å². The van der Waals surface area contributed by atoms with Gasteiger partial charge in [0.1, 0.15) is 0 Å². The smallest absolute Gasteiger partial charge is 0.251 e. The molecule has 0 radical (unpaired) electrons. The molecular formula is C22H35N5O2. The predicted molar refractivity (Wildman–Crippen MR) is 116 cm³/mol. The number of carbonyl (C=O) groups is 1. The Kier molecular flexibility index (Phi) is 7.89. The van der Waals surface area contributed by atoms with Gasteiger partial charge in [-0.15, -0.1) is 0 Å². The Hall–Kier alpha value is -2.12. The summed E-state index contributed by atoms with van der Waals surface area (Å²) in [6, 6.07) is 7.64. The molecule has 7 heteroatoms. The van der Waals surface area contributed by atoms with Crippen LogP contribution < -0.4 is 16.0 Å². The van der Waals surface area contributed by atoms with Crippen molar-refractivity contribution in [2.75, 3.05) is 46.9 Å². The van der Waals surface area contributed by atoms with Crippen molar-refractivity contribution in [1.29, 1.82) is 0 Å². The molecule has 3 N–H and O–H groups in total. The zero-order valence-electron chi connectivity index (χ0n) is 17.8. The number of hydrogen-bond donors (Lipinski definition) is 3. The summed E-state index contributed by atoms with van der Waals surface area (Å²) in [5, 5.41) is 9.62. The Morgan fingerprint density at radius 2 is 1.79 bits per heavy atom. The lowest BCUT2D eigenvalue weighted by atomic mass is 9.80. The number of rotatable bonds is 6. The van der Waals surface area contributed by atoms with Gasteiger partial charge < -0.3 is 20.7 Å². The fourth-order valence-corrected chi connectivity index (χ4v) is 4.43. The Bertz CT molecular complexity index is 677. The van der Waals surface area contributed by atoms with Crippen LogP contribution in [-0.2, 0) is 11.3 Å². The van der Waals surface area contributed by atoms with Crippen LogP contribution in [0.4, 0.5) is 0 Å². The first kappa shape index (κ1) is 21.6. The Morgan fingerprint density at radius 1 is 1.10 bits per heavy atom. The van der Waals surface area contributed by atoms with Crippen LogP contribution in [-0.4, -0.2) is 69.2 Å². The van der Waals surface area contributed by atoms with Gasteiger partial charge in [0.05, 0.1) is 13.2 Å². The van der Waals surface area contributed by atoms with Gasteiger partial charge in [-0.3, -0.25) is 14.7 Å². The molecule has 1 saturated carbocycles. The third-order valence-corrected chi connectivity index (χ3v) is 6.18. The van der Waals surface area contributed by atoms with Crippen molar-refractivity contribution in [3.63, 3.8) is 0 Å². The minimum Gasteiger partial charge on any atom is -0.379 e. The van der Waals surface area contributed by atoms with Crippen molar-refractivity contribution in [2.45, 2.75) is 44.2 Å². The monoisotopic (exact) mass is 401 g/mol. The molecule has 0 atom stereocenters. The first-order chi connectivity index (χ1) is 14.2. The fraction of sp³-hybridized carbons (Fsp3) is 0.636. The first-order valence-corrected chi connectivity index (χ1v) is 10.8. The van der Waals surface area contributed by atoms with Gasteiger partial charge in [0.25, 0.3) is 5.91 Å². The minimum atomic E-state index is -0.0668. The lowest BCUT2D eigenvalue weighted by Crippen LogP contribution is -2.60. The van der Waals surface area contributed by atoms with Gasteiger partial charge in [-0.2, -0.15) is 0 Å². The maximum absolute atomic E-state index is 11.7. The van der Waals surface area contributed by atoms with Gasteiger partial charge in [-0.05, 0) is 30.5 Å². The second-order valence-electron chi connectivity index (χ2n) is 7.94. The molecule has 0 bridgehead atoms. The van der Waals surface area contributed by atoms with E-state index in [4.69, 9.17) is 4.74 Å². The fourth-order valence-electron chi connectivity index (χ4n) is 4.43. The number of guanidine groups is 1. The molecule has 1 aliphatic heterocycles. The number of morpholine rings is 1. The number of ether oxygens (including phenoxy) is 1. The molecule has 29 heavy (non-hydrogen) atoms. The van der Waals surface area contributed by atoms with E-state index in [0.29, 0.717) is 12.1 Å². The number of nitrogens with one attached hydrogen (secondary N) is 3. The molecule has 2 aliphatic rings. The highest BCUT2D eigenvalue weighted by Crippen LogP contribution is 2.33. The molecule has 0 unspecified atom stereocenters. The van der Waals surface area contributed by atoms with E-state index >= 15 is 0 Å². The molecular weight excluding hydrogens is 366 g/mol.